The molecule has 1 aromatic heterocycles. The standard InChI is InChI=1S/C13H22BrN3O/c1-4-17-11(12(14)10(2)16-17)8-15-9-13(3)6-5-7-18-13/h15H,4-9H2,1-3H3. The van der Waals surface area contributed by atoms with E-state index in [4.69, 9.17) is 4.74 Å². The van der Waals surface area contributed by atoms with Gasteiger partial charge in [0.15, 0.2) is 0 Å². The number of rotatable bonds is 5. The van der Waals surface area contributed by atoms with Gasteiger partial charge in [0.25, 0.3) is 0 Å². The molecule has 102 valence electrons. The Balaban J connectivity index is 1.93. The molecule has 1 fully saturated rings. The number of hydrogen-bond acceptors (Lipinski definition) is 3. The summed E-state index contributed by atoms with van der Waals surface area (Å²) in [5.41, 5.74) is 2.28. The van der Waals surface area contributed by atoms with Crippen molar-refractivity contribution in [2.24, 2.45) is 0 Å². The molecule has 0 saturated carbocycles. The predicted molar refractivity (Wildman–Crippen MR) is 75.6 cm³/mol. The Morgan fingerprint density at radius 3 is 2.94 bits per heavy atom. The van der Waals surface area contributed by atoms with Gasteiger partial charge in [-0.2, -0.15) is 5.10 Å². The average molecular weight is 316 g/mol. The van der Waals surface area contributed by atoms with Crippen LogP contribution in [0.15, 0.2) is 4.47 Å². The number of nitrogens with one attached hydrogen (secondary N) is 1. The van der Waals surface area contributed by atoms with E-state index in [0.29, 0.717) is 0 Å². The lowest BCUT2D eigenvalue weighted by atomic mass is 10.0. The molecule has 0 aliphatic carbocycles. The van der Waals surface area contributed by atoms with Gasteiger partial charge in [-0.25, -0.2) is 0 Å². The Bertz CT molecular complexity index is 411. The highest BCUT2D eigenvalue weighted by molar-refractivity contribution is 9.10. The van der Waals surface area contributed by atoms with Crippen LogP contribution in [-0.2, 0) is 17.8 Å². The van der Waals surface area contributed by atoms with Crippen molar-refractivity contribution in [1.82, 2.24) is 15.1 Å². The Kier molecular flexibility index (Phi) is 4.45. The van der Waals surface area contributed by atoms with Gasteiger partial charge in [0, 0.05) is 26.2 Å². The lowest BCUT2D eigenvalue weighted by Gasteiger charge is -2.23. The number of hydrogen-bond donors (Lipinski definition) is 1. The summed E-state index contributed by atoms with van der Waals surface area (Å²) in [6.45, 7) is 9.85. The first-order valence-corrected chi connectivity index (χ1v) is 7.41. The highest BCUT2D eigenvalue weighted by Crippen LogP contribution is 2.25. The quantitative estimate of drug-likeness (QED) is 0.908. The summed E-state index contributed by atoms with van der Waals surface area (Å²) in [5.74, 6) is 0. The third-order valence-electron chi connectivity index (χ3n) is 3.54. The van der Waals surface area contributed by atoms with E-state index < -0.39 is 0 Å². The van der Waals surface area contributed by atoms with E-state index in [1.54, 1.807) is 0 Å². The summed E-state index contributed by atoms with van der Waals surface area (Å²) in [4.78, 5) is 0. The molecule has 1 aliphatic heterocycles. The summed E-state index contributed by atoms with van der Waals surface area (Å²) in [7, 11) is 0. The molecular formula is C13H22BrN3O. The number of nitrogens with zero attached hydrogens (tertiary/aromatic N) is 2. The first kappa shape index (κ1) is 14.0. The molecule has 0 radical (unpaired) electrons. The van der Waals surface area contributed by atoms with E-state index in [9.17, 15) is 0 Å². The monoisotopic (exact) mass is 315 g/mol. The van der Waals surface area contributed by atoms with Gasteiger partial charge in [-0.05, 0) is 49.5 Å². The zero-order chi connectivity index (χ0) is 13.2. The molecule has 1 unspecified atom stereocenters. The maximum Gasteiger partial charge on any atom is 0.0779 e. The van der Waals surface area contributed by atoms with E-state index >= 15 is 0 Å². The van der Waals surface area contributed by atoms with Crippen LogP contribution in [0.2, 0.25) is 0 Å². The lowest BCUT2D eigenvalue weighted by Crippen LogP contribution is -2.37. The molecule has 0 bridgehead atoms. The summed E-state index contributed by atoms with van der Waals surface area (Å²) in [5, 5.41) is 7.99. The van der Waals surface area contributed by atoms with Gasteiger partial charge in [0.2, 0.25) is 0 Å². The molecular weight excluding hydrogens is 294 g/mol. The summed E-state index contributed by atoms with van der Waals surface area (Å²) in [6, 6.07) is 0. The zero-order valence-electron chi connectivity index (χ0n) is 11.4. The lowest BCUT2D eigenvalue weighted by molar-refractivity contribution is 0.0205. The fraction of sp³-hybridized carbons (Fsp3) is 0.769. The number of ether oxygens (including phenoxy) is 1. The Morgan fingerprint density at radius 1 is 1.56 bits per heavy atom. The molecule has 1 saturated heterocycles. The van der Waals surface area contributed by atoms with Crippen LogP contribution >= 0.6 is 15.9 Å². The highest BCUT2D eigenvalue weighted by Gasteiger charge is 2.29. The molecule has 18 heavy (non-hydrogen) atoms. The minimum Gasteiger partial charge on any atom is -0.374 e. The topological polar surface area (TPSA) is 39.1 Å². The van der Waals surface area contributed by atoms with Crippen LogP contribution < -0.4 is 5.32 Å². The second-order valence-electron chi connectivity index (χ2n) is 5.17. The van der Waals surface area contributed by atoms with Gasteiger partial charge >= 0.3 is 0 Å². The molecule has 1 N–H and O–H groups in total. The number of aromatic nitrogens is 2. The minimum absolute atomic E-state index is 0.0125. The largest absolute Gasteiger partial charge is 0.374 e. The Morgan fingerprint density at radius 2 is 2.33 bits per heavy atom. The maximum absolute atomic E-state index is 5.77. The third-order valence-corrected chi connectivity index (χ3v) is 4.58. The van der Waals surface area contributed by atoms with Crippen molar-refractivity contribution in [1.29, 1.82) is 0 Å². The molecule has 1 aliphatic rings. The smallest absolute Gasteiger partial charge is 0.0779 e. The molecule has 5 heteroatoms. The van der Waals surface area contributed by atoms with E-state index in [1.807, 2.05) is 11.6 Å². The van der Waals surface area contributed by atoms with Gasteiger partial charge in [-0.3, -0.25) is 4.68 Å². The van der Waals surface area contributed by atoms with Crippen LogP contribution in [0, 0.1) is 6.92 Å². The second kappa shape index (κ2) is 5.72. The summed E-state index contributed by atoms with van der Waals surface area (Å²) >= 11 is 3.61. The van der Waals surface area contributed by atoms with Crippen molar-refractivity contribution in [2.75, 3.05) is 13.2 Å². The van der Waals surface area contributed by atoms with Crippen LogP contribution in [0.1, 0.15) is 38.1 Å². The highest BCUT2D eigenvalue weighted by atomic mass is 79.9. The maximum atomic E-state index is 5.77. The summed E-state index contributed by atoms with van der Waals surface area (Å²) < 4.78 is 8.94. The van der Waals surface area contributed by atoms with Gasteiger partial charge in [0.1, 0.15) is 0 Å². The number of halogens is 1. The van der Waals surface area contributed by atoms with Crippen LogP contribution in [-0.4, -0.2) is 28.5 Å². The third kappa shape index (κ3) is 2.95. The van der Waals surface area contributed by atoms with Gasteiger partial charge in [-0.1, -0.05) is 0 Å². The van der Waals surface area contributed by atoms with E-state index in [0.717, 1.165) is 42.8 Å². The van der Waals surface area contributed by atoms with Crippen LogP contribution in [0.4, 0.5) is 0 Å². The van der Waals surface area contributed by atoms with Crippen molar-refractivity contribution >= 4 is 15.9 Å². The van der Waals surface area contributed by atoms with Crippen molar-refractivity contribution in [3.8, 4) is 0 Å². The average Bonchev–Trinajstić information content (AvgIpc) is 2.88. The van der Waals surface area contributed by atoms with Crippen LogP contribution in [0.25, 0.3) is 0 Å². The normalized spacial score (nSPS) is 23.8. The minimum atomic E-state index is 0.0125. The van der Waals surface area contributed by atoms with Crippen molar-refractivity contribution in [2.45, 2.75) is 52.3 Å². The van der Waals surface area contributed by atoms with Crippen LogP contribution in [0.5, 0.6) is 0 Å². The molecule has 2 rings (SSSR count). The van der Waals surface area contributed by atoms with E-state index in [1.165, 1.54) is 12.1 Å². The molecule has 0 spiro atoms. The first-order valence-electron chi connectivity index (χ1n) is 6.62. The number of aryl methyl sites for hydroxylation is 2. The van der Waals surface area contributed by atoms with Crippen LogP contribution in [0.3, 0.4) is 0 Å². The van der Waals surface area contributed by atoms with Gasteiger partial charge in [0.05, 0.1) is 21.5 Å². The predicted octanol–water partition coefficient (Wildman–Crippen LogP) is 2.63. The summed E-state index contributed by atoms with van der Waals surface area (Å²) in [6.07, 6.45) is 2.32. The molecule has 2 heterocycles. The molecule has 4 nitrogen and oxygen atoms in total. The second-order valence-corrected chi connectivity index (χ2v) is 5.96. The van der Waals surface area contributed by atoms with E-state index in [-0.39, 0.29) is 5.60 Å². The van der Waals surface area contributed by atoms with Crippen molar-refractivity contribution < 1.29 is 4.74 Å². The fourth-order valence-corrected chi connectivity index (χ4v) is 2.88. The Hall–Kier alpha value is -0.390. The van der Waals surface area contributed by atoms with Crippen molar-refractivity contribution in [3.63, 3.8) is 0 Å². The molecule has 1 atom stereocenters. The molecule has 0 amide bonds. The Labute approximate surface area is 117 Å². The molecule has 0 aromatic carbocycles. The van der Waals surface area contributed by atoms with Gasteiger partial charge < -0.3 is 10.1 Å². The molecule has 1 aromatic rings. The fourth-order valence-electron chi connectivity index (χ4n) is 2.46. The SMILES string of the molecule is CCn1nc(C)c(Br)c1CNCC1(C)CCCO1. The van der Waals surface area contributed by atoms with E-state index in [2.05, 4.69) is 40.2 Å². The zero-order valence-corrected chi connectivity index (χ0v) is 13.0. The first-order chi connectivity index (χ1) is 8.56. The van der Waals surface area contributed by atoms with Gasteiger partial charge in [-0.15, -0.1) is 0 Å². The van der Waals surface area contributed by atoms with Crippen molar-refractivity contribution in [3.05, 3.63) is 15.9 Å².